The molecule has 1 aliphatic heterocycles. The highest BCUT2D eigenvalue weighted by atomic mass is 32.1. The fraction of sp³-hybridized carbons (Fsp3) is 0.227. The summed E-state index contributed by atoms with van der Waals surface area (Å²) in [5.74, 6) is 0.364. The van der Waals surface area contributed by atoms with Crippen LogP contribution < -0.4 is 0 Å². The van der Waals surface area contributed by atoms with Crippen molar-refractivity contribution in [3.8, 4) is 11.3 Å². The normalized spacial score (nSPS) is 15.0. The Morgan fingerprint density at radius 1 is 1.17 bits per heavy atom. The van der Waals surface area contributed by atoms with E-state index >= 15 is 0 Å². The van der Waals surface area contributed by atoms with E-state index in [1.807, 2.05) is 23.1 Å². The number of amides is 1. The first-order valence-corrected chi connectivity index (χ1v) is 9.96. The molecule has 0 spiro atoms. The van der Waals surface area contributed by atoms with E-state index in [1.54, 1.807) is 16.9 Å². The van der Waals surface area contributed by atoms with Crippen molar-refractivity contribution in [2.45, 2.75) is 18.9 Å². The third-order valence-electron chi connectivity index (χ3n) is 5.47. The predicted molar refractivity (Wildman–Crippen MR) is 114 cm³/mol. The number of aliphatic imine (C=N–C) groups is 1. The minimum atomic E-state index is -0.0492. The van der Waals surface area contributed by atoms with Gasteiger partial charge in [-0.05, 0) is 41.9 Å². The van der Waals surface area contributed by atoms with Crippen LogP contribution in [0.25, 0.3) is 27.9 Å². The molecule has 1 aliphatic rings. The molecule has 0 N–H and O–H groups in total. The summed E-state index contributed by atoms with van der Waals surface area (Å²) >= 11 is 4.71. The Balaban J connectivity index is 1.55. The fourth-order valence-corrected chi connectivity index (χ4v) is 4.10. The van der Waals surface area contributed by atoms with Crippen LogP contribution in [-0.2, 0) is 0 Å². The first-order chi connectivity index (χ1) is 14.2. The third kappa shape index (κ3) is 3.14. The number of carbonyl (C=O) groups excluding carboxylic acids is 1. The van der Waals surface area contributed by atoms with Crippen molar-refractivity contribution < 1.29 is 9.21 Å². The van der Waals surface area contributed by atoms with Crippen LogP contribution in [0.1, 0.15) is 23.3 Å². The van der Waals surface area contributed by atoms with Gasteiger partial charge in [0.2, 0.25) is 0 Å². The number of piperidine rings is 1. The standard InChI is InChI=1S/C22H18N4O2S/c27-21(25-9-7-18(8-10-25)23-14-29)20-19(24-22-26(20)11-12-28-22)17-6-5-15-3-1-2-4-16(15)13-17/h1-6,11-13,18H,7-10H2. The fourth-order valence-electron chi connectivity index (χ4n) is 3.95. The van der Waals surface area contributed by atoms with Crippen molar-refractivity contribution >= 4 is 39.9 Å². The van der Waals surface area contributed by atoms with Crippen molar-refractivity contribution in [1.82, 2.24) is 14.3 Å². The lowest BCUT2D eigenvalue weighted by atomic mass is 10.0. The SMILES string of the molecule is O=C(c1c(-c2ccc3ccccc3c2)nc2occn12)N1CCC(N=C=S)CC1. The van der Waals surface area contributed by atoms with Crippen molar-refractivity contribution in [2.75, 3.05) is 13.1 Å². The topological polar surface area (TPSA) is 63.1 Å². The van der Waals surface area contributed by atoms with Gasteiger partial charge in [-0.1, -0.05) is 36.4 Å². The van der Waals surface area contributed by atoms with E-state index in [2.05, 4.69) is 39.4 Å². The number of nitrogens with zero attached hydrogens (tertiary/aromatic N) is 4. The Kier molecular flexibility index (Phi) is 4.46. The molecule has 2 aromatic carbocycles. The molecule has 0 radical (unpaired) electrons. The Hall–Kier alpha value is -3.28. The number of hydrogen-bond donors (Lipinski definition) is 0. The predicted octanol–water partition coefficient (Wildman–Crippen LogP) is 4.45. The average Bonchev–Trinajstić information content (AvgIpc) is 3.35. The first-order valence-electron chi connectivity index (χ1n) is 9.55. The van der Waals surface area contributed by atoms with Gasteiger partial charge < -0.3 is 9.32 Å². The molecule has 1 saturated heterocycles. The Bertz CT molecular complexity index is 1260. The van der Waals surface area contributed by atoms with Crippen LogP contribution in [0.15, 0.2) is 64.3 Å². The number of aromatic nitrogens is 2. The van der Waals surface area contributed by atoms with Gasteiger partial charge >= 0.3 is 5.84 Å². The summed E-state index contributed by atoms with van der Waals surface area (Å²) in [5.41, 5.74) is 2.06. The summed E-state index contributed by atoms with van der Waals surface area (Å²) in [6.45, 7) is 1.26. The molecule has 1 fully saturated rings. The highest BCUT2D eigenvalue weighted by Crippen LogP contribution is 2.29. The van der Waals surface area contributed by atoms with E-state index in [0.717, 1.165) is 29.2 Å². The average molecular weight is 402 g/mol. The lowest BCUT2D eigenvalue weighted by Crippen LogP contribution is -2.40. The third-order valence-corrected chi connectivity index (χ3v) is 5.58. The molecule has 3 heterocycles. The quantitative estimate of drug-likeness (QED) is 0.375. The lowest BCUT2D eigenvalue weighted by molar-refractivity contribution is 0.0709. The van der Waals surface area contributed by atoms with Crippen LogP contribution in [0, 0.1) is 0 Å². The van der Waals surface area contributed by atoms with E-state index in [1.165, 1.54) is 0 Å². The second-order valence-electron chi connectivity index (χ2n) is 7.17. The van der Waals surface area contributed by atoms with Crippen molar-refractivity contribution in [3.05, 3.63) is 60.6 Å². The molecule has 0 atom stereocenters. The van der Waals surface area contributed by atoms with Gasteiger partial charge in [0.1, 0.15) is 17.7 Å². The molecule has 1 amide bonds. The molecule has 4 aromatic rings. The van der Waals surface area contributed by atoms with Crippen LogP contribution in [0.4, 0.5) is 0 Å². The highest BCUT2D eigenvalue weighted by Gasteiger charge is 2.29. The molecule has 144 valence electrons. The van der Waals surface area contributed by atoms with Gasteiger partial charge in [0.25, 0.3) is 5.91 Å². The number of fused-ring (bicyclic) bond motifs is 2. The van der Waals surface area contributed by atoms with Crippen molar-refractivity contribution in [1.29, 1.82) is 0 Å². The molecule has 0 aliphatic carbocycles. The number of likely N-dealkylation sites (tertiary alicyclic amines) is 1. The molecule has 0 saturated carbocycles. The number of hydrogen-bond acceptors (Lipinski definition) is 5. The number of oxazole rings is 1. The van der Waals surface area contributed by atoms with E-state index in [9.17, 15) is 4.79 Å². The maximum atomic E-state index is 13.5. The van der Waals surface area contributed by atoms with Crippen LogP contribution in [0.3, 0.4) is 0 Å². The molecular formula is C22H18N4O2S. The molecule has 0 bridgehead atoms. The van der Waals surface area contributed by atoms with E-state index in [0.29, 0.717) is 30.3 Å². The van der Waals surface area contributed by atoms with Crippen molar-refractivity contribution in [2.24, 2.45) is 4.99 Å². The van der Waals surface area contributed by atoms with Crippen LogP contribution in [-0.4, -0.2) is 44.5 Å². The van der Waals surface area contributed by atoms with Crippen LogP contribution >= 0.6 is 12.2 Å². The summed E-state index contributed by atoms with van der Waals surface area (Å²) in [4.78, 5) is 24.1. The molecule has 29 heavy (non-hydrogen) atoms. The zero-order chi connectivity index (χ0) is 19.8. The molecular weight excluding hydrogens is 384 g/mol. The van der Waals surface area contributed by atoms with E-state index in [4.69, 9.17) is 16.6 Å². The van der Waals surface area contributed by atoms with E-state index < -0.39 is 0 Å². The summed E-state index contributed by atoms with van der Waals surface area (Å²) < 4.78 is 7.21. The zero-order valence-electron chi connectivity index (χ0n) is 15.6. The number of carbonyl (C=O) groups is 1. The van der Waals surface area contributed by atoms with Crippen LogP contribution in [0.2, 0.25) is 0 Å². The number of isothiocyanates is 1. The second kappa shape index (κ2) is 7.28. The minimum absolute atomic E-state index is 0.0492. The van der Waals surface area contributed by atoms with Gasteiger partial charge in [0, 0.05) is 24.8 Å². The van der Waals surface area contributed by atoms with Gasteiger partial charge in [0.15, 0.2) is 0 Å². The van der Waals surface area contributed by atoms with E-state index in [-0.39, 0.29) is 11.9 Å². The molecule has 5 rings (SSSR count). The van der Waals surface area contributed by atoms with Gasteiger partial charge in [-0.15, -0.1) is 0 Å². The Labute approximate surface area is 172 Å². The monoisotopic (exact) mass is 402 g/mol. The van der Waals surface area contributed by atoms with Crippen molar-refractivity contribution in [3.63, 3.8) is 0 Å². The number of thiocarbonyl (C=S) groups is 1. The lowest BCUT2D eigenvalue weighted by Gasteiger charge is -2.29. The summed E-state index contributed by atoms with van der Waals surface area (Å²) in [5, 5.41) is 4.70. The smallest absolute Gasteiger partial charge is 0.306 e. The highest BCUT2D eigenvalue weighted by molar-refractivity contribution is 7.78. The second-order valence-corrected chi connectivity index (χ2v) is 7.35. The number of imidazole rings is 1. The maximum absolute atomic E-state index is 13.5. The molecule has 7 heteroatoms. The van der Waals surface area contributed by atoms with Gasteiger partial charge in [0.05, 0.1) is 11.2 Å². The van der Waals surface area contributed by atoms with Gasteiger partial charge in [-0.25, -0.2) is 4.99 Å². The van der Waals surface area contributed by atoms with Crippen LogP contribution in [0.5, 0.6) is 0 Å². The number of benzene rings is 2. The van der Waals surface area contributed by atoms with Gasteiger partial charge in [-0.2, -0.15) is 4.98 Å². The summed E-state index contributed by atoms with van der Waals surface area (Å²) in [7, 11) is 0. The first kappa shape index (κ1) is 17.8. The molecule has 0 unspecified atom stereocenters. The summed E-state index contributed by atoms with van der Waals surface area (Å²) in [6.07, 6.45) is 4.86. The summed E-state index contributed by atoms with van der Waals surface area (Å²) in [6, 6.07) is 14.4. The number of rotatable bonds is 3. The molecule has 2 aromatic heterocycles. The largest absolute Gasteiger partial charge is 0.432 e. The van der Waals surface area contributed by atoms with Gasteiger partial charge in [-0.3, -0.25) is 9.20 Å². The Morgan fingerprint density at radius 3 is 2.76 bits per heavy atom. The zero-order valence-corrected chi connectivity index (χ0v) is 16.4. The Morgan fingerprint density at radius 2 is 1.97 bits per heavy atom. The molecule has 6 nitrogen and oxygen atoms in total. The maximum Gasteiger partial charge on any atom is 0.306 e. The minimum Gasteiger partial charge on any atom is -0.432 e.